The molecule has 0 saturated heterocycles. The summed E-state index contributed by atoms with van der Waals surface area (Å²) in [5.41, 5.74) is 1.31. The topological polar surface area (TPSA) is 9.23 Å². The second-order valence-electron chi connectivity index (χ2n) is 3.60. The van der Waals surface area contributed by atoms with Crippen molar-refractivity contribution in [3.8, 4) is 16.9 Å². The number of hydrogen-bond acceptors (Lipinski definition) is 1. The highest BCUT2D eigenvalue weighted by atomic mass is 35.5. The van der Waals surface area contributed by atoms with E-state index >= 15 is 0 Å². The second-order valence-corrected chi connectivity index (χ2v) is 4.82. The number of rotatable bonds is 2. The van der Waals surface area contributed by atoms with Crippen molar-refractivity contribution < 1.29 is 9.13 Å². The molecule has 0 N–H and O–H groups in total. The van der Waals surface area contributed by atoms with Gasteiger partial charge in [-0.15, -0.1) is 0 Å². The van der Waals surface area contributed by atoms with Gasteiger partial charge in [-0.25, -0.2) is 4.39 Å². The van der Waals surface area contributed by atoms with Gasteiger partial charge in [0.1, 0.15) is 0 Å². The van der Waals surface area contributed by atoms with Crippen LogP contribution >= 0.6 is 34.8 Å². The summed E-state index contributed by atoms with van der Waals surface area (Å²) < 4.78 is 18.3. The Balaban J connectivity index is 2.62. The van der Waals surface area contributed by atoms with E-state index in [1.807, 2.05) is 0 Å². The van der Waals surface area contributed by atoms with Crippen LogP contribution in [0.15, 0.2) is 30.3 Å². The van der Waals surface area contributed by atoms with Gasteiger partial charge >= 0.3 is 0 Å². The van der Waals surface area contributed by atoms with Gasteiger partial charge in [-0.2, -0.15) is 0 Å². The molecule has 0 atom stereocenters. The summed E-state index contributed by atoms with van der Waals surface area (Å²) in [7, 11) is 1.40. The van der Waals surface area contributed by atoms with Gasteiger partial charge in [0.15, 0.2) is 11.6 Å². The molecule has 0 amide bonds. The van der Waals surface area contributed by atoms with Crippen molar-refractivity contribution >= 4 is 34.8 Å². The van der Waals surface area contributed by atoms with Crippen LogP contribution in [-0.4, -0.2) is 7.11 Å². The van der Waals surface area contributed by atoms with E-state index in [0.717, 1.165) is 0 Å². The fourth-order valence-corrected chi connectivity index (χ4v) is 2.31. The Hall–Kier alpha value is -0.960. The van der Waals surface area contributed by atoms with E-state index in [1.165, 1.54) is 13.2 Å². The van der Waals surface area contributed by atoms with Crippen LogP contribution in [0.3, 0.4) is 0 Å². The highest BCUT2D eigenvalue weighted by molar-refractivity contribution is 6.45. The van der Waals surface area contributed by atoms with Crippen LogP contribution < -0.4 is 4.74 Å². The first-order valence-electron chi connectivity index (χ1n) is 5.01. The Morgan fingerprint density at radius 1 is 1.06 bits per heavy atom. The van der Waals surface area contributed by atoms with E-state index in [0.29, 0.717) is 26.2 Å². The molecule has 5 heteroatoms. The molecule has 0 aliphatic heterocycles. The Kier molecular flexibility index (Phi) is 4.00. The highest BCUT2D eigenvalue weighted by Gasteiger charge is 2.11. The van der Waals surface area contributed by atoms with Crippen molar-refractivity contribution in [3.63, 3.8) is 0 Å². The molecule has 2 aromatic rings. The van der Waals surface area contributed by atoms with Crippen molar-refractivity contribution in [2.75, 3.05) is 7.11 Å². The molecule has 0 saturated carbocycles. The van der Waals surface area contributed by atoms with E-state index in [4.69, 9.17) is 39.5 Å². The molecule has 0 fully saturated rings. The largest absolute Gasteiger partial charge is 0.494 e. The minimum absolute atomic E-state index is 0.139. The van der Waals surface area contributed by atoms with Crippen LogP contribution in [0.5, 0.6) is 5.75 Å². The SMILES string of the molecule is COc1cc(-c2cc(Cl)cc(Cl)c2Cl)ccc1F. The minimum atomic E-state index is -0.439. The lowest BCUT2D eigenvalue weighted by Crippen LogP contribution is -1.89. The van der Waals surface area contributed by atoms with Crippen molar-refractivity contribution in [1.29, 1.82) is 0 Å². The average Bonchev–Trinajstić information content (AvgIpc) is 2.34. The molecule has 0 aliphatic rings. The van der Waals surface area contributed by atoms with E-state index < -0.39 is 5.82 Å². The van der Waals surface area contributed by atoms with E-state index in [9.17, 15) is 4.39 Å². The van der Waals surface area contributed by atoms with Crippen LogP contribution in [0.25, 0.3) is 11.1 Å². The lowest BCUT2D eigenvalue weighted by molar-refractivity contribution is 0.387. The number of ether oxygens (including phenoxy) is 1. The predicted octanol–water partition coefficient (Wildman–Crippen LogP) is 5.46. The van der Waals surface area contributed by atoms with Crippen molar-refractivity contribution in [2.45, 2.75) is 0 Å². The van der Waals surface area contributed by atoms with Crippen LogP contribution in [0.2, 0.25) is 15.1 Å². The standard InChI is InChI=1S/C13H8Cl3FO/c1-18-12-4-7(2-3-11(12)17)9-5-8(14)6-10(15)13(9)16/h2-6H,1H3. The van der Waals surface area contributed by atoms with E-state index in [1.54, 1.807) is 24.3 Å². The number of halogens is 4. The third-order valence-corrected chi connectivity index (χ3v) is 3.48. The Morgan fingerprint density at radius 2 is 1.78 bits per heavy atom. The monoisotopic (exact) mass is 304 g/mol. The molecule has 2 aromatic carbocycles. The van der Waals surface area contributed by atoms with Gasteiger partial charge in [0, 0.05) is 10.6 Å². The van der Waals surface area contributed by atoms with Crippen molar-refractivity contribution in [1.82, 2.24) is 0 Å². The fraction of sp³-hybridized carbons (Fsp3) is 0.0769. The Bertz CT molecular complexity index is 599. The number of methoxy groups -OCH3 is 1. The number of benzene rings is 2. The molecule has 0 heterocycles. The van der Waals surface area contributed by atoms with E-state index in [-0.39, 0.29) is 5.75 Å². The first kappa shape index (κ1) is 13.5. The van der Waals surface area contributed by atoms with Gasteiger partial charge in [0.05, 0.1) is 17.2 Å². The zero-order valence-corrected chi connectivity index (χ0v) is 11.6. The summed E-state index contributed by atoms with van der Waals surface area (Å²) in [6, 6.07) is 7.66. The smallest absolute Gasteiger partial charge is 0.165 e. The normalized spacial score (nSPS) is 10.5. The summed E-state index contributed by atoms with van der Waals surface area (Å²) in [4.78, 5) is 0. The maximum atomic E-state index is 13.3. The fourth-order valence-electron chi connectivity index (χ4n) is 1.59. The van der Waals surface area contributed by atoms with Crippen LogP contribution in [0.4, 0.5) is 4.39 Å². The summed E-state index contributed by atoms with van der Waals surface area (Å²) in [5.74, 6) is -0.301. The molecule has 1 nitrogen and oxygen atoms in total. The molecule has 18 heavy (non-hydrogen) atoms. The van der Waals surface area contributed by atoms with Crippen molar-refractivity contribution in [3.05, 3.63) is 51.2 Å². The molecular weight excluding hydrogens is 297 g/mol. The lowest BCUT2D eigenvalue weighted by Gasteiger charge is -2.09. The molecular formula is C13H8Cl3FO. The maximum absolute atomic E-state index is 13.3. The molecule has 0 spiro atoms. The van der Waals surface area contributed by atoms with Gasteiger partial charge in [-0.05, 0) is 29.8 Å². The summed E-state index contributed by atoms with van der Waals surface area (Å²) in [5, 5.41) is 1.18. The minimum Gasteiger partial charge on any atom is -0.494 e. The van der Waals surface area contributed by atoms with Crippen LogP contribution in [0.1, 0.15) is 0 Å². The first-order chi connectivity index (χ1) is 8.52. The third kappa shape index (κ3) is 2.56. The van der Waals surface area contributed by atoms with Crippen molar-refractivity contribution in [2.24, 2.45) is 0 Å². The first-order valence-corrected chi connectivity index (χ1v) is 6.14. The predicted molar refractivity (Wildman–Crippen MR) is 73.4 cm³/mol. The molecule has 0 bridgehead atoms. The highest BCUT2D eigenvalue weighted by Crippen LogP contribution is 2.37. The molecule has 2 rings (SSSR count). The zero-order valence-electron chi connectivity index (χ0n) is 9.31. The molecule has 0 aromatic heterocycles. The molecule has 0 radical (unpaired) electrons. The zero-order chi connectivity index (χ0) is 13.3. The molecule has 0 unspecified atom stereocenters. The second kappa shape index (κ2) is 5.35. The number of hydrogen-bond donors (Lipinski definition) is 0. The Morgan fingerprint density at radius 3 is 2.44 bits per heavy atom. The summed E-state index contributed by atoms with van der Waals surface area (Å²) in [6.07, 6.45) is 0. The van der Waals surface area contributed by atoms with Crippen LogP contribution in [0, 0.1) is 5.82 Å². The Labute approximate surface area is 119 Å². The van der Waals surface area contributed by atoms with Gasteiger partial charge in [-0.1, -0.05) is 40.9 Å². The average molecular weight is 306 g/mol. The molecule has 0 aliphatic carbocycles. The van der Waals surface area contributed by atoms with Crippen LogP contribution in [-0.2, 0) is 0 Å². The maximum Gasteiger partial charge on any atom is 0.165 e. The van der Waals surface area contributed by atoms with Gasteiger partial charge in [-0.3, -0.25) is 0 Å². The van der Waals surface area contributed by atoms with Gasteiger partial charge in [0.25, 0.3) is 0 Å². The lowest BCUT2D eigenvalue weighted by atomic mass is 10.1. The third-order valence-electron chi connectivity index (χ3n) is 2.46. The van der Waals surface area contributed by atoms with Gasteiger partial charge < -0.3 is 4.74 Å². The molecule has 94 valence electrons. The van der Waals surface area contributed by atoms with E-state index in [2.05, 4.69) is 0 Å². The quantitative estimate of drug-likeness (QED) is 0.669. The summed E-state index contributed by atoms with van der Waals surface area (Å²) >= 11 is 18.0. The van der Waals surface area contributed by atoms with Gasteiger partial charge in [0.2, 0.25) is 0 Å². The summed E-state index contributed by atoms with van der Waals surface area (Å²) in [6.45, 7) is 0.